The number of H-pyrrole nitrogens is 1. The van der Waals surface area contributed by atoms with Crippen molar-refractivity contribution in [2.45, 2.75) is 24.2 Å². The molecule has 110 valence electrons. The third kappa shape index (κ3) is 3.01. The molecule has 1 heterocycles. The van der Waals surface area contributed by atoms with Gasteiger partial charge in [0.15, 0.2) is 5.16 Å². The van der Waals surface area contributed by atoms with Gasteiger partial charge in [-0.3, -0.25) is 9.88 Å². The van der Waals surface area contributed by atoms with Crippen molar-refractivity contribution in [3.8, 4) is 6.07 Å². The minimum absolute atomic E-state index is 0.230. The Bertz CT molecular complexity index is 687. The van der Waals surface area contributed by atoms with Crippen LogP contribution in [-0.4, -0.2) is 27.6 Å². The van der Waals surface area contributed by atoms with E-state index < -0.39 is 5.54 Å². The molecule has 0 bridgehead atoms. The normalized spacial score (nSPS) is 13.6. The highest BCUT2D eigenvalue weighted by Gasteiger charge is 2.31. The standard InChI is InChI=1S/C14H17N5OS/c1-3-19-12(20)17-18-13(19)21-10-14(9-15,16-2)11-7-5-4-6-8-11/h4-8,16H,3,10H2,1-2H3,(H,17,20). The van der Waals surface area contributed by atoms with Gasteiger partial charge in [0.2, 0.25) is 0 Å². The van der Waals surface area contributed by atoms with Crippen LogP contribution in [0.1, 0.15) is 12.5 Å². The van der Waals surface area contributed by atoms with Crippen molar-refractivity contribution in [2.75, 3.05) is 12.8 Å². The molecule has 0 aliphatic rings. The molecule has 0 saturated carbocycles. The maximum Gasteiger partial charge on any atom is 0.343 e. The number of rotatable bonds is 6. The van der Waals surface area contributed by atoms with Crippen molar-refractivity contribution in [3.05, 3.63) is 46.4 Å². The van der Waals surface area contributed by atoms with E-state index in [9.17, 15) is 10.1 Å². The lowest BCUT2D eigenvalue weighted by atomic mass is 9.94. The molecule has 2 N–H and O–H groups in total. The number of nitriles is 1. The summed E-state index contributed by atoms with van der Waals surface area (Å²) in [5, 5.41) is 19.7. The van der Waals surface area contributed by atoms with E-state index in [0.717, 1.165) is 5.56 Å². The van der Waals surface area contributed by atoms with Gasteiger partial charge in [0.25, 0.3) is 0 Å². The van der Waals surface area contributed by atoms with Crippen LogP contribution in [-0.2, 0) is 12.1 Å². The number of nitrogens with one attached hydrogen (secondary N) is 2. The molecule has 0 spiro atoms. The summed E-state index contributed by atoms with van der Waals surface area (Å²) in [6, 6.07) is 11.9. The summed E-state index contributed by atoms with van der Waals surface area (Å²) >= 11 is 1.38. The largest absolute Gasteiger partial charge is 0.343 e. The molecule has 0 aliphatic carbocycles. The van der Waals surface area contributed by atoms with Gasteiger partial charge in [-0.15, -0.1) is 5.10 Å². The smallest absolute Gasteiger partial charge is 0.298 e. The molecule has 1 unspecified atom stereocenters. The Morgan fingerprint density at radius 2 is 2.19 bits per heavy atom. The second kappa shape index (κ2) is 6.61. The average Bonchev–Trinajstić information content (AvgIpc) is 2.90. The Hall–Kier alpha value is -2.04. The monoisotopic (exact) mass is 303 g/mol. The first-order chi connectivity index (χ1) is 10.2. The fourth-order valence-corrected chi connectivity index (χ4v) is 3.24. The molecule has 21 heavy (non-hydrogen) atoms. The predicted molar refractivity (Wildman–Crippen MR) is 82.0 cm³/mol. The molecule has 0 aliphatic heterocycles. The molecule has 1 atom stereocenters. The lowest BCUT2D eigenvalue weighted by Gasteiger charge is -2.26. The first-order valence-corrected chi connectivity index (χ1v) is 7.59. The third-order valence-electron chi connectivity index (χ3n) is 3.34. The number of hydrogen-bond acceptors (Lipinski definition) is 5. The molecule has 0 fully saturated rings. The SMILES string of the molecule is CCn1c(SCC(C#N)(NC)c2ccccc2)n[nH]c1=O. The predicted octanol–water partition coefficient (Wildman–Crippen LogP) is 1.32. The van der Waals surface area contributed by atoms with Gasteiger partial charge in [0.05, 0.1) is 6.07 Å². The van der Waals surface area contributed by atoms with Crippen LogP contribution in [0.15, 0.2) is 40.3 Å². The minimum Gasteiger partial charge on any atom is -0.298 e. The van der Waals surface area contributed by atoms with Crippen LogP contribution in [0.3, 0.4) is 0 Å². The van der Waals surface area contributed by atoms with E-state index in [1.807, 2.05) is 37.3 Å². The summed E-state index contributed by atoms with van der Waals surface area (Å²) in [6.07, 6.45) is 0. The maximum absolute atomic E-state index is 11.6. The summed E-state index contributed by atoms with van der Waals surface area (Å²) in [6.45, 7) is 2.43. The topological polar surface area (TPSA) is 86.5 Å². The second-order valence-corrected chi connectivity index (χ2v) is 5.42. The van der Waals surface area contributed by atoms with Gasteiger partial charge in [0, 0.05) is 12.3 Å². The number of benzene rings is 1. The highest BCUT2D eigenvalue weighted by atomic mass is 32.2. The molecule has 0 radical (unpaired) electrons. The Morgan fingerprint density at radius 3 is 2.76 bits per heavy atom. The van der Waals surface area contributed by atoms with Crippen molar-refractivity contribution >= 4 is 11.8 Å². The molecular formula is C14H17N5OS. The van der Waals surface area contributed by atoms with Crippen molar-refractivity contribution in [1.29, 1.82) is 5.26 Å². The molecule has 6 nitrogen and oxygen atoms in total. The van der Waals surface area contributed by atoms with Crippen molar-refractivity contribution in [3.63, 3.8) is 0 Å². The number of aromatic nitrogens is 3. The second-order valence-electron chi connectivity index (χ2n) is 4.48. The van der Waals surface area contributed by atoms with Crippen molar-refractivity contribution in [2.24, 2.45) is 0 Å². The van der Waals surface area contributed by atoms with Gasteiger partial charge in [-0.2, -0.15) is 5.26 Å². The zero-order valence-electron chi connectivity index (χ0n) is 12.0. The zero-order valence-corrected chi connectivity index (χ0v) is 12.8. The lowest BCUT2D eigenvalue weighted by molar-refractivity contribution is 0.526. The van der Waals surface area contributed by atoms with Crippen LogP contribution in [0.4, 0.5) is 0 Å². The number of hydrogen-bond donors (Lipinski definition) is 2. The van der Waals surface area contributed by atoms with Crippen molar-refractivity contribution in [1.82, 2.24) is 20.1 Å². The Kier molecular flexibility index (Phi) is 4.83. The fourth-order valence-electron chi connectivity index (χ4n) is 2.04. The van der Waals surface area contributed by atoms with Crippen LogP contribution in [0.25, 0.3) is 0 Å². The minimum atomic E-state index is -0.820. The summed E-state index contributed by atoms with van der Waals surface area (Å²) in [5.74, 6) is 0.453. The average molecular weight is 303 g/mol. The molecule has 1 aromatic heterocycles. The van der Waals surface area contributed by atoms with Gasteiger partial charge in [-0.05, 0) is 19.5 Å². The summed E-state index contributed by atoms with van der Waals surface area (Å²) in [4.78, 5) is 11.6. The van der Waals surface area contributed by atoms with E-state index in [4.69, 9.17) is 0 Å². The van der Waals surface area contributed by atoms with Crippen LogP contribution in [0.2, 0.25) is 0 Å². The first kappa shape index (κ1) is 15.4. The van der Waals surface area contributed by atoms with Gasteiger partial charge in [-0.25, -0.2) is 9.89 Å². The molecule has 7 heteroatoms. The van der Waals surface area contributed by atoms with Gasteiger partial charge >= 0.3 is 5.69 Å². The highest BCUT2D eigenvalue weighted by Crippen LogP contribution is 2.27. The van der Waals surface area contributed by atoms with Gasteiger partial charge in [-0.1, -0.05) is 42.1 Å². The number of aromatic amines is 1. The lowest BCUT2D eigenvalue weighted by Crippen LogP contribution is -2.41. The quantitative estimate of drug-likeness (QED) is 0.786. The van der Waals surface area contributed by atoms with Crippen LogP contribution < -0.4 is 11.0 Å². The molecule has 2 rings (SSSR count). The Morgan fingerprint density at radius 1 is 1.48 bits per heavy atom. The fraction of sp³-hybridized carbons (Fsp3) is 0.357. The number of nitrogens with zero attached hydrogens (tertiary/aromatic N) is 3. The number of thioether (sulfide) groups is 1. The molecule has 1 aromatic carbocycles. The van der Waals surface area contributed by atoms with E-state index >= 15 is 0 Å². The highest BCUT2D eigenvalue weighted by molar-refractivity contribution is 7.99. The van der Waals surface area contributed by atoms with Crippen LogP contribution >= 0.6 is 11.8 Å². The molecular weight excluding hydrogens is 286 g/mol. The first-order valence-electron chi connectivity index (χ1n) is 6.60. The molecule has 2 aromatic rings. The third-order valence-corrected chi connectivity index (χ3v) is 4.49. The van der Waals surface area contributed by atoms with E-state index in [0.29, 0.717) is 17.5 Å². The molecule has 0 amide bonds. The summed E-state index contributed by atoms with van der Waals surface area (Å²) < 4.78 is 1.55. The summed E-state index contributed by atoms with van der Waals surface area (Å²) in [7, 11) is 1.76. The Labute approximate surface area is 127 Å². The maximum atomic E-state index is 11.6. The summed E-state index contributed by atoms with van der Waals surface area (Å²) in [5.41, 5.74) is -0.158. The van der Waals surface area contributed by atoms with Crippen LogP contribution in [0.5, 0.6) is 0 Å². The van der Waals surface area contributed by atoms with Gasteiger partial charge < -0.3 is 0 Å². The Balaban J connectivity index is 2.26. The van der Waals surface area contributed by atoms with E-state index in [1.54, 1.807) is 11.6 Å². The van der Waals surface area contributed by atoms with E-state index in [-0.39, 0.29) is 5.69 Å². The van der Waals surface area contributed by atoms with Crippen molar-refractivity contribution < 1.29 is 0 Å². The van der Waals surface area contributed by atoms with Crippen LogP contribution in [0, 0.1) is 11.3 Å². The van der Waals surface area contributed by atoms with E-state index in [2.05, 4.69) is 21.6 Å². The zero-order chi connectivity index (χ0) is 15.3. The van der Waals surface area contributed by atoms with Gasteiger partial charge in [0.1, 0.15) is 5.54 Å². The van der Waals surface area contributed by atoms with E-state index in [1.165, 1.54) is 11.8 Å². The molecule has 0 saturated heterocycles.